The van der Waals surface area contributed by atoms with E-state index in [2.05, 4.69) is 24.0 Å². The molecule has 3 heterocycles. The standard InChI is InChI=1S/C26H32N2O4/c1-19-5-2-7-22(13-19)30-12-4-10-27-9-3-6-20(16-27)17-28-11-8-21-14-24-25(32-18-31-24)15-23(21)26(28)29/h2,5,7,13-15,20H,3-4,6,8-12,16-18H2,1H3. The maximum atomic E-state index is 13.1. The summed E-state index contributed by atoms with van der Waals surface area (Å²) in [5.74, 6) is 3.07. The fourth-order valence-corrected chi connectivity index (χ4v) is 5.09. The fourth-order valence-electron chi connectivity index (χ4n) is 5.09. The molecule has 1 amide bonds. The number of fused-ring (bicyclic) bond motifs is 2. The molecule has 0 aromatic heterocycles. The first-order valence-electron chi connectivity index (χ1n) is 11.8. The van der Waals surface area contributed by atoms with E-state index in [4.69, 9.17) is 14.2 Å². The molecule has 2 aromatic rings. The lowest BCUT2D eigenvalue weighted by molar-refractivity contribution is 0.0658. The summed E-state index contributed by atoms with van der Waals surface area (Å²) in [6.45, 7) is 7.93. The van der Waals surface area contributed by atoms with Gasteiger partial charge in [0, 0.05) is 31.7 Å². The second-order valence-corrected chi connectivity index (χ2v) is 9.19. The number of carbonyl (C=O) groups is 1. The zero-order valence-corrected chi connectivity index (χ0v) is 18.8. The lowest BCUT2D eigenvalue weighted by Gasteiger charge is -2.37. The Kier molecular flexibility index (Phi) is 6.21. The Hall–Kier alpha value is -2.73. The number of carbonyl (C=O) groups excluding carboxylic acids is 1. The van der Waals surface area contributed by atoms with Crippen molar-refractivity contribution in [1.29, 1.82) is 0 Å². The minimum Gasteiger partial charge on any atom is -0.494 e. The number of piperidine rings is 1. The molecule has 3 aliphatic heterocycles. The van der Waals surface area contributed by atoms with Gasteiger partial charge in [0.25, 0.3) is 5.91 Å². The monoisotopic (exact) mass is 436 g/mol. The van der Waals surface area contributed by atoms with Gasteiger partial charge in [-0.05, 0) is 80.5 Å². The molecule has 0 bridgehead atoms. The summed E-state index contributed by atoms with van der Waals surface area (Å²) in [5, 5.41) is 0. The molecule has 0 N–H and O–H groups in total. The molecule has 1 fully saturated rings. The van der Waals surface area contributed by atoms with Gasteiger partial charge in [-0.3, -0.25) is 4.79 Å². The maximum Gasteiger partial charge on any atom is 0.254 e. The summed E-state index contributed by atoms with van der Waals surface area (Å²) in [5.41, 5.74) is 3.08. The van der Waals surface area contributed by atoms with E-state index in [0.29, 0.717) is 11.7 Å². The number of nitrogens with zero attached hydrogens (tertiary/aromatic N) is 2. The van der Waals surface area contributed by atoms with Crippen LogP contribution in [0.5, 0.6) is 17.2 Å². The van der Waals surface area contributed by atoms with Gasteiger partial charge in [-0.1, -0.05) is 12.1 Å². The van der Waals surface area contributed by atoms with Crippen molar-refractivity contribution in [2.24, 2.45) is 5.92 Å². The highest BCUT2D eigenvalue weighted by atomic mass is 16.7. The number of hydrogen-bond acceptors (Lipinski definition) is 5. The van der Waals surface area contributed by atoms with Crippen LogP contribution in [0, 0.1) is 12.8 Å². The number of rotatable bonds is 7. The predicted molar refractivity (Wildman–Crippen MR) is 123 cm³/mol. The molecule has 170 valence electrons. The van der Waals surface area contributed by atoms with Crippen LogP contribution in [0.4, 0.5) is 0 Å². The van der Waals surface area contributed by atoms with E-state index >= 15 is 0 Å². The van der Waals surface area contributed by atoms with Gasteiger partial charge in [0.2, 0.25) is 6.79 Å². The largest absolute Gasteiger partial charge is 0.494 e. The molecule has 5 rings (SSSR count). The van der Waals surface area contributed by atoms with Crippen LogP contribution in [-0.2, 0) is 6.42 Å². The third-order valence-electron chi connectivity index (χ3n) is 6.73. The van der Waals surface area contributed by atoms with Gasteiger partial charge in [0.15, 0.2) is 11.5 Å². The summed E-state index contributed by atoms with van der Waals surface area (Å²) in [7, 11) is 0. The van der Waals surface area contributed by atoms with Crippen molar-refractivity contribution in [3.63, 3.8) is 0 Å². The number of benzene rings is 2. The Bertz CT molecular complexity index is 976. The van der Waals surface area contributed by atoms with Crippen LogP contribution in [0.15, 0.2) is 36.4 Å². The summed E-state index contributed by atoms with van der Waals surface area (Å²) in [6.07, 6.45) is 4.28. The minimum absolute atomic E-state index is 0.133. The third kappa shape index (κ3) is 4.70. The minimum atomic E-state index is 0.133. The second-order valence-electron chi connectivity index (χ2n) is 9.19. The van der Waals surface area contributed by atoms with Crippen LogP contribution < -0.4 is 14.2 Å². The average molecular weight is 437 g/mol. The number of aryl methyl sites for hydroxylation is 1. The first-order chi connectivity index (χ1) is 15.7. The summed E-state index contributed by atoms with van der Waals surface area (Å²) in [6, 6.07) is 12.1. The van der Waals surface area contributed by atoms with Gasteiger partial charge in [-0.15, -0.1) is 0 Å². The van der Waals surface area contributed by atoms with Crippen LogP contribution in [0.25, 0.3) is 0 Å². The highest BCUT2D eigenvalue weighted by molar-refractivity contribution is 5.97. The number of hydrogen-bond donors (Lipinski definition) is 0. The molecule has 3 aliphatic rings. The average Bonchev–Trinajstić information content (AvgIpc) is 3.26. The van der Waals surface area contributed by atoms with E-state index in [1.54, 1.807) is 0 Å². The topological polar surface area (TPSA) is 51.2 Å². The fraction of sp³-hybridized carbons (Fsp3) is 0.500. The summed E-state index contributed by atoms with van der Waals surface area (Å²) < 4.78 is 16.9. The van der Waals surface area contributed by atoms with Gasteiger partial charge >= 0.3 is 0 Å². The molecule has 1 atom stereocenters. The molecule has 0 radical (unpaired) electrons. The van der Waals surface area contributed by atoms with Crippen LogP contribution >= 0.6 is 0 Å². The van der Waals surface area contributed by atoms with Crippen molar-refractivity contribution in [3.8, 4) is 17.2 Å². The van der Waals surface area contributed by atoms with Crippen molar-refractivity contribution in [3.05, 3.63) is 53.1 Å². The van der Waals surface area contributed by atoms with Gasteiger partial charge in [-0.25, -0.2) is 0 Å². The first-order valence-corrected chi connectivity index (χ1v) is 11.8. The Morgan fingerprint density at radius 2 is 2.00 bits per heavy atom. The molecule has 1 saturated heterocycles. The van der Waals surface area contributed by atoms with E-state index in [-0.39, 0.29) is 12.7 Å². The maximum absolute atomic E-state index is 13.1. The second kappa shape index (κ2) is 9.41. The molecule has 2 aromatic carbocycles. The van der Waals surface area contributed by atoms with E-state index in [1.807, 2.05) is 29.2 Å². The summed E-state index contributed by atoms with van der Waals surface area (Å²) in [4.78, 5) is 17.7. The Labute approximate surface area is 190 Å². The molecule has 0 spiro atoms. The smallest absolute Gasteiger partial charge is 0.254 e. The van der Waals surface area contributed by atoms with Gasteiger partial charge < -0.3 is 24.0 Å². The van der Waals surface area contributed by atoms with E-state index < -0.39 is 0 Å². The zero-order valence-electron chi connectivity index (χ0n) is 18.8. The van der Waals surface area contributed by atoms with E-state index in [0.717, 1.165) is 74.8 Å². The molecule has 6 heteroatoms. The quantitative estimate of drug-likeness (QED) is 0.616. The van der Waals surface area contributed by atoms with E-state index in [1.165, 1.54) is 18.4 Å². The highest BCUT2D eigenvalue weighted by Gasteiger charge is 2.30. The number of ether oxygens (including phenoxy) is 3. The molecular formula is C26H32N2O4. The lowest BCUT2D eigenvalue weighted by Crippen LogP contribution is -2.45. The van der Waals surface area contributed by atoms with Crippen LogP contribution in [-0.4, -0.2) is 61.8 Å². The Morgan fingerprint density at radius 3 is 2.88 bits per heavy atom. The molecular weight excluding hydrogens is 404 g/mol. The number of likely N-dealkylation sites (tertiary alicyclic amines) is 1. The van der Waals surface area contributed by atoms with Gasteiger partial charge in [-0.2, -0.15) is 0 Å². The van der Waals surface area contributed by atoms with Gasteiger partial charge in [0.05, 0.1) is 6.61 Å². The Morgan fingerprint density at radius 1 is 1.12 bits per heavy atom. The molecule has 0 saturated carbocycles. The normalized spacial score (nSPS) is 20.3. The molecule has 0 aliphatic carbocycles. The van der Waals surface area contributed by atoms with Crippen molar-refractivity contribution < 1.29 is 19.0 Å². The van der Waals surface area contributed by atoms with Gasteiger partial charge in [0.1, 0.15) is 5.75 Å². The van der Waals surface area contributed by atoms with Crippen molar-refractivity contribution in [2.75, 3.05) is 46.1 Å². The lowest BCUT2D eigenvalue weighted by atomic mass is 9.94. The highest BCUT2D eigenvalue weighted by Crippen LogP contribution is 2.37. The zero-order chi connectivity index (χ0) is 21.9. The third-order valence-corrected chi connectivity index (χ3v) is 6.73. The SMILES string of the molecule is Cc1cccc(OCCCN2CCCC(CN3CCc4cc5c(cc4C3=O)OCO5)C2)c1. The summed E-state index contributed by atoms with van der Waals surface area (Å²) >= 11 is 0. The van der Waals surface area contributed by atoms with Crippen LogP contribution in [0.1, 0.15) is 40.7 Å². The van der Waals surface area contributed by atoms with Crippen molar-refractivity contribution in [1.82, 2.24) is 9.80 Å². The molecule has 6 nitrogen and oxygen atoms in total. The molecule has 32 heavy (non-hydrogen) atoms. The molecule has 1 unspecified atom stereocenters. The predicted octanol–water partition coefficient (Wildman–Crippen LogP) is 3.90. The van der Waals surface area contributed by atoms with Crippen molar-refractivity contribution in [2.45, 2.75) is 32.6 Å². The first kappa shape index (κ1) is 21.1. The van der Waals surface area contributed by atoms with E-state index in [9.17, 15) is 4.79 Å². The number of amides is 1. The van der Waals surface area contributed by atoms with Crippen LogP contribution in [0.2, 0.25) is 0 Å². The van der Waals surface area contributed by atoms with Crippen molar-refractivity contribution >= 4 is 5.91 Å². The Balaban J connectivity index is 1.11. The van der Waals surface area contributed by atoms with Crippen LogP contribution in [0.3, 0.4) is 0 Å².